The fourth-order valence-electron chi connectivity index (χ4n) is 5.37. The first-order valence-electron chi connectivity index (χ1n) is 21.8. The molecule has 0 aromatic heterocycles. The Morgan fingerprint density at radius 3 is 1.88 bits per heavy atom. The van der Waals surface area contributed by atoms with E-state index >= 15 is 0 Å². The predicted molar refractivity (Wildman–Crippen MR) is 234 cm³/mol. The summed E-state index contributed by atoms with van der Waals surface area (Å²) in [6.45, 7) is 4.68. The van der Waals surface area contributed by atoms with Crippen LogP contribution in [-0.2, 0) is 27.9 Å². The van der Waals surface area contributed by atoms with E-state index in [9.17, 15) is 19.4 Å². The van der Waals surface area contributed by atoms with Gasteiger partial charge in [-0.1, -0.05) is 132 Å². The van der Waals surface area contributed by atoms with Crippen molar-refractivity contribution in [2.75, 3.05) is 47.5 Å². The fourth-order valence-corrected chi connectivity index (χ4v) is 6.11. The number of rotatable bonds is 39. The first kappa shape index (κ1) is 53.7. The van der Waals surface area contributed by atoms with E-state index in [-0.39, 0.29) is 32.2 Å². The molecule has 0 saturated carbocycles. The van der Waals surface area contributed by atoms with Crippen molar-refractivity contribution in [2.45, 2.75) is 167 Å². The van der Waals surface area contributed by atoms with Gasteiger partial charge in [0, 0.05) is 6.42 Å². The third-order valence-electron chi connectivity index (χ3n) is 8.91. The van der Waals surface area contributed by atoms with Crippen LogP contribution in [0.25, 0.3) is 0 Å². The third-order valence-corrected chi connectivity index (χ3v) is 9.89. The van der Waals surface area contributed by atoms with Gasteiger partial charge in [0.25, 0.3) is 0 Å². The van der Waals surface area contributed by atoms with E-state index in [1.807, 2.05) is 63.7 Å². The molecule has 0 aromatic carbocycles. The molecule has 9 nitrogen and oxygen atoms in total. The molecule has 0 aromatic rings. The normalized spacial score (nSPS) is 15.0. The van der Waals surface area contributed by atoms with Crippen molar-refractivity contribution in [1.29, 1.82) is 0 Å². The van der Waals surface area contributed by atoms with Gasteiger partial charge in [-0.3, -0.25) is 13.8 Å². The maximum absolute atomic E-state index is 12.5. The predicted octanol–water partition coefficient (Wildman–Crippen LogP) is 12.0. The Bertz CT molecular complexity index is 1140. The van der Waals surface area contributed by atoms with E-state index in [1.54, 1.807) is 12.3 Å². The van der Waals surface area contributed by atoms with Crippen molar-refractivity contribution < 1.29 is 42.4 Å². The zero-order valence-corrected chi connectivity index (χ0v) is 37.1. The smallest absolute Gasteiger partial charge is 0.472 e. The molecule has 0 spiro atoms. The Balaban J connectivity index is 4.47. The topological polar surface area (TPSA) is 112 Å². The number of phosphoric ester groups is 1. The highest BCUT2D eigenvalue weighted by Crippen LogP contribution is 2.43. The first-order chi connectivity index (χ1) is 27.0. The standard InChI is InChI=1S/C46H82NO8P/c1-6-8-10-12-14-15-16-17-18-19-20-21-24-27-31-35-40-52-45(43-55-56(50,51)54-41-39-47(3,4)5)42-53-46(49)38-34-30-26-23-22-25-29-33-37-44(48)36-32-28-13-11-9-7-2/h15-16,23,25-26,28-29,32-33,35,37,40,44-45,48H,6-14,17-22,24,27,30-31,34,36,38-39,41-43H2,1-5H3/p+1/b16-15-,26-23-,29-25-,32-28-,37-33+,40-35+/t44-,45-/m1/s1. The van der Waals surface area contributed by atoms with Crippen LogP contribution in [0, 0.1) is 0 Å². The molecular formula is C46H83NO8P+. The molecule has 0 rings (SSSR count). The van der Waals surface area contributed by atoms with Gasteiger partial charge in [0.15, 0.2) is 6.10 Å². The van der Waals surface area contributed by atoms with Gasteiger partial charge >= 0.3 is 13.8 Å². The van der Waals surface area contributed by atoms with Gasteiger partial charge in [0.05, 0.1) is 40.1 Å². The van der Waals surface area contributed by atoms with Crippen LogP contribution in [0.3, 0.4) is 0 Å². The number of aliphatic hydroxyl groups excluding tert-OH is 1. The molecule has 0 bridgehead atoms. The molecule has 3 atom stereocenters. The van der Waals surface area contributed by atoms with E-state index < -0.39 is 20.0 Å². The van der Waals surface area contributed by atoms with E-state index in [0.717, 1.165) is 38.5 Å². The van der Waals surface area contributed by atoms with Gasteiger partial charge < -0.3 is 24.0 Å². The van der Waals surface area contributed by atoms with Gasteiger partial charge in [-0.2, -0.15) is 0 Å². The molecule has 0 aliphatic heterocycles. The lowest BCUT2D eigenvalue weighted by molar-refractivity contribution is -0.870. The van der Waals surface area contributed by atoms with Crippen molar-refractivity contribution in [2.24, 2.45) is 0 Å². The summed E-state index contributed by atoms with van der Waals surface area (Å²) in [4.78, 5) is 22.6. The van der Waals surface area contributed by atoms with E-state index in [2.05, 4.69) is 32.1 Å². The van der Waals surface area contributed by atoms with Crippen molar-refractivity contribution >= 4 is 13.8 Å². The van der Waals surface area contributed by atoms with Crippen LogP contribution in [0.2, 0.25) is 0 Å². The van der Waals surface area contributed by atoms with E-state index in [0.29, 0.717) is 23.9 Å². The number of phosphoric acid groups is 1. The molecular weight excluding hydrogens is 725 g/mol. The largest absolute Gasteiger partial charge is 0.492 e. The van der Waals surface area contributed by atoms with E-state index in [4.69, 9.17) is 18.5 Å². The van der Waals surface area contributed by atoms with E-state index in [1.165, 1.54) is 83.5 Å². The monoisotopic (exact) mass is 809 g/mol. The lowest BCUT2D eigenvalue weighted by Crippen LogP contribution is -2.37. The molecule has 0 amide bonds. The molecule has 324 valence electrons. The molecule has 0 heterocycles. The number of carbonyl (C=O) groups is 1. The highest BCUT2D eigenvalue weighted by molar-refractivity contribution is 7.47. The minimum absolute atomic E-state index is 0.0667. The van der Waals surface area contributed by atoms with Crippen LogP contribution in [0.5, 0.6) is 0 Å². The molecule has 0 radical (unpaired) electrons. The molecule has 10 heteroatoms. The summed E-state index contributed by atoms with van der Waals surface area (Å²) in [6, 6.07) is 0. The van der Waals surface area contributed by atoms with Crippen LogP contribution in [-0.4, -0.2) is 80.2 Å². The molecule has 0 aliphatic rings. The number of quaternary nitrogens is 1. The van der Waals surface area contributed by atoms with Crippen LogP contribution in [0.1, 0.15) is 155 Å². The van der Waals surface area contributed by atoms with Crippen LogP contribution < -0.4 is 0 Å². The Kier molecular flexibility index (Phi) is 36.7. The summed E-state index contributed by atoms with van der Waals surface area (Å²) in [6.07, 6.45) is 46.4. The fraction of sp³-hybridized carbons (Fsp3) is 0.717. The Hall–Kier alpha value is -2.26. The summed E-state index contributed by atoms with van der Waals surface area (Å²) < 4.78 is 34.6. The number of carbonyl (C=O) groups excluding carboxylic acids is 1. The zero-order valence-electron chi connectivity index (χ0n) is 36.2. The lowest BCUT2D eigenvalue weighted by Gasteiger charge is -2.24. The highest BCUT2D eigenvalue weighted by Gasteiger charge is 2.25. The van der Waals surface area contributed by atoms with Crippen LogP contribution >= 0.6 is 7.82 Å². The quantitative estimate of drug-likeness (QED) is 0.0120. The highest BCUT2D eigenvalue weighted by atomic mass is 31.2. The Labute approximate surface area is 343 Å². The average Bonchev–Trinajstić information content (AvgIpc) is 3.15. The van der Waals surface area contributed by atoms with Crippen molar-refractivity contribution in [1.82, 2.24) is 0 Å². The maximum atomic E-state index is 12.5. The second kappa shape index (κ2) is 38.3. The summed E-state index contributed by atoms with van der Waals surface area (Å²) in [5.41, 5.74) is 0. The minimum Gasteiger partial charge on any atom is -0.492 e. The summed E-state index contributed by atoms with van der Waals surface area (Å²) >= 11 is 0. The number of nitrogens with zero attached hydrogens (tertiary/aromatic N) is 1. The number of esters is 1. The van der Waals surface area contributed by atoms with Gasteiger partial charge in [-0.15, -0.1) is 0 Å². The first-order valence-corrected chi connectivity index (χ1v) is 23.3. The number of hydrogen-bond acceptors (Lipinski definition) is 7. The van der Waals surface area contributed by atoms with Gasteiger partial charge in [0.1, 0.15) is 19.8 Å². The van der Waals surface area contributed by atoms with Crippen molar-refractivity contribution in [3.63, 3.8) is 0 Å². The molecule has 2 N–H and O–H groups in total. The molecule has 56 heavy (non-hydrogen) atoms. The maximum Gasteiger partial charge on any atom is 0.472 e. The Morgan fingerprint density at radius 2 is 1.21 bits per heavy atom. The summed E-state index contributed by atoms with van der Waals surface area (Å²) in [7, 11) is 1.59. The van der Waals surface area contributed by atoms with Crippen LogP contribution in [0.15, 0.2) is 73.1 Å². The molecule has 1 unspecified atom stereocenters. The number of likely N-dealkylation sites (N-methyl/N-ethyl adjacent to an activating group) is 1. The summed E-state index contributed by atoms with van der Waals surface area (Å²) in [5, 5.41) is 10.0. The summed E-state index contributed by atoms with van der Waals surface area (Å²) in [5.74, 6) is -0.361. The minimum atomic E-state index is -4.30. The van der Waals surface area contributed by atoms with Gasteiger partial charge in [-0.25, -0.2) is 4.57 Å². The molecule has 0 saturated heterocycles. The van der Waals surface area contributed by atoms with Crippen molar-refractivity contribution in [3.05, 3.63) is 73.1 Å². The number of allylic oxidation sites excluding steroid dienone is 9. The van der Waals surface area contributed by atoms with Crippen molar-refractivity contribution in [3.8, 4) is 0 Å². The third kappa shape index (κ3) is 41.4. The Morgan fingerprint density at radius 1 is 0.661 bits per heavy atom. The number of unbranched alkanes of at least 4 members (excludes halogenated alkanes) is 15. The number of hydrogen-bond donors (Lipinski definition) is 2. The molecule has 0 fully saturated rings. The number of ether oxygens (including phenoxy) is 2. The zero-order chi connectivity index (χ0) is 41.4. The second-order valence-electron chi connectivity index (χ2n) is 15.6. The van der Waals surface area contributed by atoms with Gasteiger partial charge in [-0.05, 0) is 83.1 Å². The van der Waals surface area contributed by atoms with Gasteiger partial charge in [0.2, 0.25) is 0 Å². The number of aliphatic hydroxyl groups is 1. The SMILES string of the molecule is CCCCC/C=C\C[C@@H](O)/C=C/C=C\C/C=C\CCCC(=O)OC[C@H](COP(=O)(O)OCC[N+](C)(C)C)O/C=C/CCCCCCCC/C=C\CCCCCC. The van der Waals surface area contributed by atoms with Crippen LogP contribution in [0.4, 0.5) is 0 Å². The molecule has 0 aliphatic carbocycles. The second-order valence-corrected chi connectivity index (χ2v) is 17.1. The average molecular weight is 809 g/mol. The lowest BCUT2D eigenvalue weighted by atomic mass is 10.1.